The lowest BCUT2D eigenvalue weighted by molar-refractivity contribution is 0.323. The molecule has 3 rings (SSSR count). The first kappa shape index (κ1) is 25.2. The number of nitrogens with zero attached hydrogens (tertiary/aromatic N) is 3. The quantitative estimate of drug-likeness (QED) is 0.621. The van der Waals surface area contributed by atoms with Gasteiger partial charge in [-0.1, -0.05) is 12.0 Å². The van der Waals surface area contributed by atoms with Crippen LogP contribution in [0.4, 0.5) is 13.2 Å². The largest absolute Gasteiger partial charge is 0.463 e. The molecule has 1 aliphatic rings. The zero-order valence-electron chi connectivity index (χ0n) is 18.8. The van der Waals surface area contributed by atoms with E-state index in [1.807, 2.05) is 0 Å². The van der Waals surface area contributed by atoms with E-state index in [2.05, 4.69) is 26.8 Å². The Morgan fingerprint density at radius 1 is 1.29 bits per heavy atom. The summed E-state index contributed by atoms with van der Waals surface area (Å²) in [6, 6.07) is 3.39. The minimum atomic E-state index is -3.98. The van der Waals surface area contributed by atoms with Gasteiger partial charge in [-0.2, -0.15) is 0 Å². The van der Waals surface area contributed by atoms with E-state index in [-0.39, 0.29) is 35.1 Å². The summed E-state index contributed by atoms with van der Waals surface area (Å²) in [6.07, 6.45) is 3.41. The molecule has 0 radical (unpaired) electrons. The lowest BCUT2D eigenvalue weighted by atomic mass is 9.90. The monoisotopic (exact) mass is 492 g/mol. The lowest BCUT2D eigenvalue weighted by Gasteiger charge is -2.38. The summed E-state index contributed by atoms with van der Waals surface area (Å²) in [6.45, 7) is 3.15. The molecule has 1 unspecified atom stereocenters. The Bertz CT molecular complexity index is 1310. The van der Waals surface area contributed by atoms with Crippen molar-refractivity contribution in [1.29, 1.82) is 0 Å². The number of benzene rings is 1. The molecule has 180 valence electrons. The van der Waals surface area contributed by atoms with Gasteiger partial charge < -0.3 is 10.5 Å². The molecule has 0 aliphatic carbocycles. The average Bonchev–Trinajstić information content (AvgIpc) is 2.79. The highest BCUT2D eigenvalue weighted by molar-refractivity contribution is 7.93. The van der Waals surface area contributed by atoms with Crippen LogP contribution < -0.4 is 10.5 Å². The van der Waals surface area contributed by atoms with Crippen LogP contribution in [-0.4, -0.2) is 48.0 Å². The Hall–Kier alpha value is -3.39. The predicted molar refractivity (Wildman–Crippen MR) is 123 cm³/mol. The number of aromatic nitrogens is 2. The maximum Gasteiger partial charge on any atom is 0.233 e. The zero-order chi connectivity index (χ0) is 25.1. The van der Waals surface area contributed by atoms with Crippen LogP contribution in [0.5, 0.6) is 5.88 Å². The first-order valence-corrected chi connectivity index (χ1v) is 11.8. The van der Waals surface area contributed by atoms with Gasteiger partial charge in [-0.3, -0.25) is 4.99 Å². The lowest BCUT2D eigenvalue weighted by Crippen LogP contribution is -2.56. The van der Waals surface area contributed by atoms with Crippen molar-refractivity contribution in [2.24, 2.45) is 10.7 Å². The Balaban J connectivity index is 1.98. The summed E-state index contributed by atoms with van der Waals surface area (Å²) in [7, 11) is -3.98. The minimum Gasteiger partial charge on any atom is -0.463 e. The van der Waals surface area contributed by atoms with Crippen LogP contribution in [0.3, 0.4) is 0 Å². The fourth-order valence-corrected chi connectivity index (χ4v) is 4.89. The molecule has 34 heavy (non-hydrogen) atoms. The third kappa shape index (κ3) is 4.77. The molecule has 0 amide bonds. The summed E-state index contributed by atoms with van der Waals surface area (Å²) in [5.74, 6) is 2.69. The molecule has 1 atom stereocenters. The zero-order valence-corrected chi connectivity index (χ0v) is 19.6. The first-order chi connectivity index (χ1) is 16.0. The SMILES string of the molecule is CC#CCOc1cnc(C(F)=Cc2ccc(F)c(C3(CF)CS(=O)(=O)C(C)(C)C(N)=N3)c2)cn1. The topological polar surface area (TPSA) is 108 Å². The molecule has 2 heterocycles. The van der Waals surface area contributed by atoms with Crippen molar-refractivity contribution in [1.82, 2.24) is 9.97 Å². The van der Waals surface area contributed by atoms with Crippen molar-refractivity contribution in [2.75, 3.05) is 19.0 Å². The number of halogens is 3. The summed E-state index contributed by atoms with van der Waals surface area (Å²) >= 11 is 0. The standard InChI is InChI=1S/C23H23F3N4O3S/c1-4-5-8-33-20-12-28-19(11-29-20)18(26)10-15-6-7-17(25)16(9-15)23(13-24)14-34(31,32)22(2,3)21(27)30-23/h6-7,9-12H,8,13-14H2,1-3H3,(H2,27,30). The molecule has 1 aromatic carbocycles. The van der Waals surface area contributed by atoms with Crippen LogP contribution in [0.1, 0.15) is 37.6 Å². The van der Waals surface area contributed by atoms with Gasteiger partial charge in [0.25, 0.3) is 0 Å². The molecule has 11 heteroatoms. The highest BCUT2D eigenvalue weighted by atomic mass is 32.2. The summed E-state index contributed by atoms with van der Waals surface area (Å²) in [5, 5.41) is 0. The van der Waals surface area contributed by atoms with Gasteiger partial charge in [0.1, 0.15) is 34.3 Å². The van der Waals surface area contributed by atoms with Gasteiger partial charge in [0.15, 0.2) is 22.3 Å². The van der Waals surface area contributed by atoms with E-state index >= 15 is 0 Å². The van der Waals surface area contributed by atoms with Crippen LogP contribution in [0, 0.1) is 17.7 Å². The molecule has 0 bridgehead atoms. The van der Waals surface area contributed by atoms with Crippen molar-refractivity contribution < 1.29 is 26.3 Å². The second-order valence-corrected chi connectivity index (χ2v) is 10.7. The average molecular weight is 493 g/mol. The van der Waals surface area contributed by atoms with E-state index in [9.17, 15) is 21.6 Å². The fraction of sp³-hybridized carbons (Fsp3) is 0.348. The molecular formula is C23H23F3N4O3S. The number of ether oxygens (including phenoxy) is 1. The summed E-state index contributed by atoms with van der Waals surface area (Å²) in [4.78, 5) is 11.9. The van der Waals surface area contributed by atoms with E-state index in [1.54, 1.807) is 6.92 Å². The van der Waals surface area contributed by atoms with Gasteiger partial charge in [-0.05, 0) is 44.5 Å². The number of alkyl halides is 1. The maximum absolute atomic E-state index is 14.8. The molecule has 0 fully saturated rings. The number of amidine groups is 1. The fourth-order valence-electron chi connectivity index (χ4n) is 3.24. The smallest absolute Gasteiger partial charge is 0.233 e. The highest BCUT2D eigenvalue weighted by Crippen LogP contribution is 2.39. The van der Waals surface area contributed by atoms with Crippen molar-refractivity contribution in [3.63, 3.8) is 0 Å². The van der Waals surface area contributed by atoms with Gasteiger partial charge in [-0.15, -0.1) is 5.92 Å². The van der Waals surface area contributed by atoms with Crippen molar-refractivity contribution in [3.05, 3.63) is 53.2 Å². The third-order valence-electron chi connectivity index (χ3n) is 5.51. The Morgan fingerprint density at radius 2 is 2.03 bits per heavy atom. The summed E-state index contributed by atoms with van der Waals surface area (Å²) < 4.78 is 73.0. The Labute approximate surface area is 195 Å². The number of aliphatic imine (C=N–C) groups is 1. The van der Waals surface area contributed by atoms with Crippen LogP contribution in [0.2, 0.25) is 0 Å². The number of hydrogen-bond donors (Lipinski definition) is 1. The molecule has 2 aromatic rings. The molecule has 0 saturated carbocycles. The van der Waals surface area contributed by atoms with Gasteiger partial charge in [0.05, 0.1) is 18.1 Å². The second-order valence-electron chi connectivity index (χ2n) is 8.12. The molecule has 2 N–H and O–H groups in total. The van der Waals surface area contributed by atoms with Gasteiger partial charge >= 0.3 is 0 Å². The molecule has 7 nitrogen and oxygen atoms in total. The number of hydrogen-bond acceptors (Lipinski definition) is 7. The van der Waals surface area contributed by atoms with Crippen LogP contribution in [-0.2, 0) is 15.4 Å². The van der Waals surface area contributed by atoms with E-state index in [0.717, 1.165) is 24.4 Å². The van der Waals surface area contributed by atoms with Crippen molar-refractivity contribution >= 4 is 27.6 Å². The summed E-state index contributed by atoms with van der Waals surface area (Å²) in [5.41, 5.74) is 3.44. The number of rotatable bonds is 6. The van der Waals surface area contributed by atoms with E-state index in [0.29, 0.717) is 0 Å². The van der Waals surface area contributed by atoms with Gasteiger partial charge in [0, 0.05) is 5.56 Å². The molecule has 0 saturated heterocycles. The van der Waals surface area contributed by atoms with Crippen molar-refractivity contribution in [3.8, 4) is 17.7 Å². The second kappa shape index (κ2) is 9.46. The normalized spacial score (nSPS) is 21.2. The van der Waals surface area contributed by atoms with E-state index in [1.165, 1.54) is 26.1 Å². The Morgan fingerprint density at radius 3 is 2.62 bits per heavy atom. The molecular weight excluding hydrogens is 469 g/mol. The van der Waals surface area contributed by atoms with E-state index < -0.39 is 44.2 Å². The van der Waals surface area contributed by atoms with Crippen LogP contribution >= 0.6 is 0 Å². The molecule has 1 aromatic heterocycles. The van der Waals surface area contributed by atoms with Crippen LogP contribution in [0.25, 0.3) is 11.9 Å². The number of sulfone groups is 1. The molecule has 1 aliphatic heterocycles. The van der Waals surface area contributed by atoms with E-state index in [4.69, 9.17) is 10.5 Å². The predicted octanol–water partition coefficient (Wildman–Crippen LogP) is 3.21. The van der Waals surface area contributed by atoms with Crippen molar-refractivity contribution in [2.45, 2.75) is 31.1 Å². The van der Waals surface area contributed by atoms with Gasteiger partial charge in [0.2, 0.25) is 5.88 Å². The third-order valence-corrected chi connectivity index (χ3v) is 8.13. The highest BCUT2D eigenvalue weighted by Gasteiger charge is 2.51. The van der Waals surface area contributed by atoms with Gasteiger partial charge in [-0.25, -0.2) is 31.6 Å². The Kier molecular flexibility index (Phi) is 7.02. The van der Waals surface area contributed by atoms with Crippen LogP contribution in [0.15, 0.2) is 35.6 Å². The minimum absolute atomic E-state index is 0.109. The first-order valence-electron chi connectivity index (χ1n) is 10.1. The molecule has 0 spiro atoms. The number of nitrogens with two attached hydrogens (primary N) is 1. The maximum atomic E-state index is 14.8.